The molecular formula is C16H19N3O4S. The van der Waals surface area contributed by atoms with Gasteiger partial charge in [-0.15, -0.1) is 0 Å². The van der Waals surface area contributed by atoms with Crippen LogP contribution in [-0.4, -0.2) is 42.9 Å². The molecule has 128 valence electrons. The van der Waals surface area contributed by atoms with Crippen LogP contribution in [0.1, 0.15) is 29.0 Å². The van der Waals surface area contributed by atoms with Crippen molar-refractivity contribution < 1.29 is 17.7 Å². The molecule has 0 spiro atoms. The van der Waals surface area contributed by atoms with Crippen molar-refractivity contribution in [3.05, 3.63) is 53.9 Å². The molecule has 1 amide bonds. The van der Waals surface area contributed by atoms with Gasteiger partial charge in [0.15, 0.2) is 5.76 Å². The fraction of sp³-hybridized carbons (Fsp3) is 0.375. The monoisotopic (exact) mass is 349 g/mol. The van der Waals surface area contributed by atoms with E-state index < -0.39 is 10.0 Å². The topological polar surface area (TPSA) is 92.5 Å². The standard InChI is InChI=1S/C16H19N3O4S/c20-16(13-4-2-1-3-5-13)18-14-7-10-19(11-8-14)24(21,22)12-15-6-9-17-23-15/h1-6,9,14H,7-8,10-12H2,(H,18,20). The number of aromatic nitrogens is 1. The molecule has 0 aliphatic carbocycles. The fourth-order valence-electron chi connectivity index (χ4n) is 2.72. The summed E-state index contributed by atoms with van der Waals surface area (Å²) in [4.78, 5) is 12.1. The van der Waals surface area contributed by atoms with Crippen molar-refractivity contribution in [2.45, 2.75) is 24.6 Å². The molecule has 2 heterocycles. The summed E-state index contributed by atoms with van der Waals surface area (Å²) in [6.07, 6.45) is 2.61. The molecule has 1 saturated heterocycles. The van der Waals surface area contributed by atoms with E-state index in [1.807, 2.05) is 18.2 Å². The molecule has 0 radical (unpaired) electrons. The smallest absolute Gasteiger partial charge is 0.251 e. The van der Waals surface area contributed by atoms with Crippen LogP contribution in [-0.2, 0) is 15.8 Å². The van der Waals surface area contributed by atoms with Crippen LogP contribution in [0.2, 0.25) is 0 Å². The lowest BCUT2D eigenvalue weighted by Crippen LogP contribution is -2.46. The molecule has 1 aromatic carbocycles. The Morgan fingerprint density at radius 1 is 1.21 bits per heavy atom. The molecule has 2 aromatic rings. The van der Waals surface area contributed by atoms with Gasteiger partial charge in [-0.3, -0.25) is 4.79 Å². The highest BCUT2D eigenvalue weighted by atomic mass is 32.2. The lowest BCUT2D eigenvalue weighted by molar-refractivity contribution is 0.0924. The number of benzene rings is 1. The predicted octanol–water partition coefficient (Wildman–Crippen LogP) is 1.40. The van der Waals surface area contributed by atoms with E-state index in [1.165, 1.54) is 10.5 Å². The Kier molecular flexibility index (Phi) is 4.96. The summed E-state index contributed by atoms with van der Waals surface area (Å²) in [5, 5.41) is 6.48. The van der Waals surface area contributed by atoms with Gasteiger partial charge in [0.1, 0.15) is 5.75 Å². The van der Waals surface area contributed by atoms with Crippen molar-refractivity contribution in [1.82, 2.24) is 14.8 Å². The first-order valence-corrected chi connectivity index (χ1v) is 9.39. The highest BCUT2D eigenvalue weighted by Gasteiger charge is 2.29. The average molecular weight is 349 g/mol. The van der Waals surface area contributed by atoms with E-state index in [0.29, 0.717) is 37.3 Å². The molecule has 3 rings (SSSR count). The minimum atomic E-state index is -3.42. The second kappa shape index (κ2) is 7.14. The van der Waals surface area contributed by atoms with E-state index in [0.717, 1.165) is 0 Å². The summed E-state index contributed by atoms with van der Waals surface area (Å²) in [6, 6.07) is 10.5. The van der Waals surface area contributed by atoms with E-state index in [9.17, 15) is 13.2 Å². The first kappa shape index (κ1) is 16.7. The van der Waals surface area contributed by atoms with Crippen molar-refractivity contribution in [1.29, 1.82) is 0 Å². The molecule has 1 fully saturated rings. The summed E-state index contributed by atoms with van der Waals surface area (Å²) in [5.74, 6) is 0.0155. The maximum Gasteiger partial charge on any atom is 0.251 e. The van der Waals surface area contributed by atoms with Gasteiger partial charge in [0, 0.05) is 30.8 Å². The quantitative estimate of drug-likeness (QED) is 0.881. The highest BCUT2D eigenvalue weighted by molar-refractivity contribution is 7.88. The minimum Gasteiger partial charge on any atom is -0.360 e. The van der Waals surface area contributed by atoms with Crippen molar-refractivity contribution in [3.8, 4) is 0 Å². The van der Waals surface area contributed by atoms with Crippen LogP contribution in [0.25, 0.3) is 0 Å². The lowest BCUT2D eigenvalue weighted by Gasteiger charge is -2.31. The SMILES string of the molecule is O=C(NC1CCN(S(=O)(=O)Cc2ccno2)CC1)c1ccccc1. The Bertz CT molecular complexity index is 767. The normalized spacial score (nSPS) is 16.8. The van der Waals surface area contributed by atoms with Crippen LogP contribution in [0.4, 0.5) is 0 Å². The Morgan fingerprint density at radius 2 is 1.92 bits per heavy atom. The number of hydrogen-bond donors (Lipinski definition) is 1. The Morgan fingerprint density at radius 3 is 2.54 bits per heavy atom. The van der Waals surface area contributed by atoms with Crippen LogP contribution in [0.3, 0.4) is 0 Å². The summed E-state index contributed by atoms with van der Waals surface area (Å²) in [5.41, 5.74) is 0.609. The van der Waals surface area contributed by atoms with Crippen LogP contribution in [0, 0.1) is 0 Å². The van der Waals surface area contributed by atoms with Crippen LogP contribution in [0.15, 0.2) is 47.1 Å². The van der Waals surface area contributed by atoms with E-state index in [2.05, 4.69) is 10.5 Å². The first-order valence-electron chi connectivity index (χ1n) is 7.78. The first-order chi connectivity index (χ1) is 11.5. The van der Waals surface area contributed by atoms with Gasteiger partial charge in [0.25, 0.3) is 5.91 Å². The van der Waals surface area contributed by atoms with Gasteiger partial charge in [-0.05, 0) is 25.0 Å². The van der Waals surface area contributed by atoms with Gasteiger partial charge in [0.2, 0.25) is 10.0 Å². The predicted molar refractivity (Wildman–Crippen MR) is 87.6 cm³/mol. The number of nitrogens with one attached hydrogen (secondary N) is 1. The molecule has 0 unspecified atom stereocenters. The molecule has 7 nitrogen and oxygen atoms in total. The summed E-state index contributed by atoms with van der Waals surface area (Å²) >= 11 is 0. The summed E-state index contributed by atoms with van der Waals surface area (Å²) in [7, 11) is -3.42. The van der Waals surface area contributed by atoms with Gasteiger partial charge in [-0.25, -0.2) is 12.7 Å². The molecule has 0 bridgehead atoms. The Hall–Kier alpha value is -2.19. The zero-order chi connectivity index (χ0) is 17.0. The third kappa shape index (κ3) is 4.01. The van der Waals surface area contributed by atoms with Gasteiger partial charge in [0.05, 0.1) is 6.20 Å². The van der Waals surface area contributed by atoms with Gasteiger partial charge in [-0.2, -0.15) is 0 Å². The third-order valence-corrected chi connectivity index (χ3v) is 5.84. The van der Waals surface area contributed by atoms with E-state index in [-0.39, 0.29) is 17.7 Å². The van der Waals surface area contributed by atoms with Crippen LogP contribution < -0.4 is 5.32 Å². The molecule has 1 aliphatic rings. The highest BCUT2D eigenvalue weighted by Crippen LogP contribution is 2.18. The number of nitrogens with zero attached hydrogens (tertiary/aromatic N) is 2. The van der Waals surface area contributed by atoms with Crippen molar-refractivity contribution in [2.75, 3.05) is 13.1 Å². The molecule has 1 N–H and O–H groups in total. The maximum absolute atomic E-state index is 12.4. The molecule has 1 aromatic heterocycles. The molecule has 0 saturated carbocycles. The zero-order valence-corrected chi connectivity index (χ0v) is 13.9. The summed E-state index contributed by atoms with van der Waals surface area (Å²) < 4.78 is 31.0. The number of carbonyl (C=O) groups is 1. The maximum atomic E-state index is 12.4. The molecule has 1 aliphatic heterocycles. The lowest BCUT2D eigenvalue weighted by atomic mass is 10.1. The molecular weight excluding hydrogens is 330 g/mol. The second-order valence-corrected chi connectivity index (χ2v) is 7.72. The summed E-state index contributed by atoms with van der Waals surface area (Å²) in [6.45, 7) is 0.770. The largest absolute Gasteiger partial charge is 0.360 e. The number of rotatable bonds is 5. The Balaban J connectivity index is 1.53. The zero-order valence-electron chi connectivity index (χ0n) is 13.1. The minimum absolute atomic E-state index is 0.0190. The number of carbonyl (C=O) groups excluding carboxylic acids is 1. The van der Waals surface area contributed by atoms with E-state index >= 15 is 0 Å². The van der Waals surface area contributed by atoms with Crippen molar-refractivity contribution >= 4 is 15.9 Å². The van der Waals surface area contributed by atoms with Crippen LogP contribution >= 0.6 is 0 Å². The number of amides is 1. The van der Waals surface area contributed by atoms with E-state index in [4.69, 9.17) is 4.52 Å². The van der Waals surface area contributed by atoms with Gasteiger partial charge in [-0.1, -0.05) is 23.4 Å². The third-order valence-electron chi connectivity index (χ3n) is 4.03. The van der Waals surface area contributed by atoms with Gasteiger partial charge < -0.3 is 9.84 Å². The van der Waals surface area contributed by atoms with Crippen molar-refractivity contribution in [2.24, 2.45) is 0 Å². The van der Waals surface area contributed by atoms with E-state index in [1.54, 1.807) is 18.2 Å². The average Bonchev–Trinajstić information content (AvgIpc) is 3.08. The van der Waals surface area contributed by atoms with Crippen LogP contribution in [0.5, 0.6) is 0 Å². The molecule has 0 atom stereocenters. The number of sulfonamides is 1. The van der Waals surface area contributed by atoms with Crippen molar-refractivity contribution in [3.63, 3.8) is 0 Å². The number of piperidine rings is 1. The fourth-order valence-corrected chi connectivity index (χ4v) is 4.18. The molecule has 8 heteroatoms. The number of hydrogen-bond acceptors (Lipinski definition) is 5. The molecule has 24 heavy (non-hydrogen) atoms. The van der Waals surface area contributed by atoms with Gasteiger partial charge >= 0.3 is 0 Å². The second-order valence-electron chi connectivity index (χ2n) is 5.75. The Labute approximate surface area is 140 Å².